The predicted octanol–water partition coefficient (Wildman–Crippen LogP) is 6.45. The zero-order valence-electron chi connectivity index (χ0n) is 23.7. The van der Waals surface area contributed by atoms with E-state index in [0.29, 0.717) is 11.4 Å². The average Bonchev–Trinajstić information content (AvgIpc) is 3.00. The third-order valence-electron chi connectivity index (χ3n) is 6.80. The maximum atomic E-state index is 13.7. The number of methoxy groups -OCH3 is 1. The van der Waals surface area contributed by atoms with Crippen molar-refractivity contribution in [2.24, 2.45) is 0 Å². The van der Waals surface area contributed by atoms with E-state index in [4.69, 9.17) is 16.3 Å². The maximum Gasteiger partial charge on any atom is 0.264 e. The van der Waals surface area contributed by atoms with Crippen LogP contribution in [0.2, 0.25) is 5.02 Å². The molecule has 0 aliphatic rings. The van der Waals surface area contributed by atoms with Crippen LogP contribution in [0.15, 0.2) is 119 Å². The van der Waals surface area contributed by atoms with Gasteiger partial charge in [-0.1, -0.05) is 65.7 Å². The lowest BCUT2D eigenvalue weighted by molar-refractivity contribution is -0.114. The Hall–Kier alpha value is -4.58. The van der Waals surface area contributed by atoms with Gasteiger partial charge in [0.05, 0.1) is 33.3 Å². The zero-order valence-corrected chi connectivity index (χ0v) is 26.1. The molecule has 0 saturated heterocycles. The van der Waals surface area contributed by atoms with Crippen LogP contribution in [0.25, 0.3) is 10.8 Å². The molecule has 5 rings (SSSR count). The number of halogens is 1. The molecule has 0 aliphatic heterocycles. The fraction of sp³-hybridized carbons (Fsp3) is 0.0938. The normalized spacial score (nSPS) is 11.6. The molecule has 0 heterocycles. The number of benzene rings is 5. The number of sulfonamides is 2. The fourth-order valence-electron chi connectivity index (χ4n) is 4.53. The van der Waals surface area contributed by atoms with Crippen LogP contribution in [0.3, 0.4) is 0 Å². The molecule has 0 radical (unpaired) electrons. The van der Waals surface area contributed by atoms with Crippen LogP contribution in [-0.2, 0) is 24.8 Å². The highest BCUT2D eigenvalue weighted by molar-refractivity contribution is 7.93. The van der Waals surface area contributed by atoms with Crippen molar-refractivity contribution in [1.82, 2.24) is 0 Å². The van der Waals surface area contributed by atoms with Gasteiger partial charge in [-0.3, -0.25) is 13.8 Å². The molecular weight excluding hydrogens is 622 g/mol. The van der Waals surface area contributed by atoms with Crippen LogP contribution < -0.4 is 19.1 Å². The number of aryl methyl sites for hydroxylation is 1. The van der Waals surface area contributed by atoms with Gasteiger partial charge in [0.2, 0.25) is 5.91 Å². The van der Waals surface area contributed by atoms with Gasteiger partial charge in [-0.15, -0.1) is 0 Å². The van der Waals surface area contributed by atoms with Crippen molar-refractivity contribution in [1.29, 1.82) is 0 Å². The summed E-state index contributed by atoms with van der Waals surface area (Å²) in [6.45, 7) is 1.25. The second-order valence-electron chi connectivity index (χ2n) is 9.85. The molecular formula is C32H28ClN3O6S2. The minimum absolute atomic E-state index is 0.00362. The van der Waals surface area contributed by atoms with E-state index in [1.54, 1.807) is 24.3 Å². The van der Waals surface area contributed by atoms with Gasteiger partial charge in [0.25, 0.3) is 20.0 Å². The maximum absolute atomic E-state index is 13.7. The van der Waals surface area contributed by atoms with Crippen molar-refractivity contribution < 1.29 is 26.4 Å². The van der Waals surface area contributed by atoms with E-state index >= 15 is 0 Å². The van der Waals surface area contributed by atoms with Gasteiger partial charge in [0, 0.05) is 11.1 Å². The van der Waals surface area contributed by atoms with Crippen molar-refractivity contribution in [2.75, 3.05) is 28.0 Å². The van der Waals surface area contributed by atoms with Gasteiger partial charge >= 0.3 is 0 Å². The number of hydrogen-bond donors (Lipinski definition) is 2. The van der Waals surface area contributed by atoms with Crippen molar-refractivity contribution in [2.45, 2.75) is 16.7 Å². The highest BCUT2D eigenvalue weighted by Gasteiger charge is 2.28. The summed E-state index contributed by atoms with van der Waals surface area (Å²) in [7, 11) is -6.69. The Morgan fingerprint density at radius 1 is 0.818 bits per heavy atom. The number of amides is 1. The largest absolute Gasteiger partial charge is 0.495 e. The molecule has 0 atom stereocenters. The monoisotopic (exact) mass is 649 g/mol. The Morgan fingerprint density at radius 3 is 2.16 bits per heavy atom. The smallest absolute Gasteiger partial charge is 0.264 e. The first-order valence-corrected chi connectivity index (χ1v) is 16.6. The summed E-state index contributed by atoms with van der Waals surface area (Å²) in [5.41, 5.74) is 1.75. The molecule has 2 N–H and O–H groups in total. The third kappa shape index (κ3) is 6.65. The van der Waals surface area contributed by atoms with Crippen molar-refractivity contribution in [3.8, 4) is 5.75 Å². The molecule has 44 heavy (non-hydrogen) atoms. The first-order chi connectivity index (χ1) is 21.0. The molecule has 0 spiro atoms. The molecule has 0 unspecified atom stereocenters. The number of nitrogens with zero attached hydrogens (tertiary/aromatic N) is 1. The van der Waals surface area contributed by atoms with Crippen LogP contribution >= 0.6 is 11.6 Å². The number of fused-ring (bicyclic) bond motifs is 1. The van der Waals surface area contributed by atoms with Crippen LogP contribution in [0.5, 0.6) is 5.75 Å². The van der Waals surface area contributed by atoms with E-state index in [2.05, 4.69) is 10.0 Å². The minimum atomic E-state index is -4.18. The molecule has 0 aromatic heterocycles. The summed E-state index contributed by atoms with van der Waals surface area (Å²) >= 11 is 6.29. The Labute approximate surface area is 261 Å². The molecule has 9 nitrogen and oxygen atoms in total. The van der Waals surface area contributed by atoms with Gasteiger partial charge in [-0.2, -0.15) is 0 Å². The van der Waals surface area contributed by atoms with Crippen LogP contribution in [-0.4, -0.2) is 36.4 Å². The predicted molar refractivity (Wildman–Crippen MR) is 174 cm³/mol. The average molecular weight is 650 g/mol. The van der Waals surface area contributed by atoms with E-state index < -0.39 is 32.5 Å². The van der Waals surface area contributed by atoms with E-state index in [1.165, 1.54) is 61.7 Å². The lowest BCUT2D eigenvalue weighted by Crippen LogP contribution is -2.38. The lowest BCUT2D eigenvalue weighted by atomic mass is 10.1. The second kappa shape index (κ2) is 12.6. The number of hydrogen-bond acceptors (Lipinski definition) is 6. The summed E-state index contributed by atoms with van der Waals surface area (Å²) in [5.74, 6) is -0.311. The molecule has 0 bridgehead atoms. The number of carbonyl (C=O) groups is 1. The quantitative estimate of drug-likeness (QED) is 0.179. The van der Waals surface area contributed by atoms with Crippen LogP contribution in [0.4, 0.5) is 17.1 Å². The SMILES string of the molecule is COc1ccc(N(CC(=O)Nc2ccc(S(=O)(=O)Nc3cccc4ccccc34)cc2)S(=O)(=O)c2ccc(C)cc2)cc1Cl. The third-order valence-corrected chi connectivity index (χ3v) is 10.3. The zero-order chi connectivity index (χ0) is 31.5. The molecule has 1 amide bonds. The molecule has 5 aromatic rings. The fourth-order valence-corrected chi connectivity index (χ4v) is 7.27. The number of carbonyl (C=O) groups excluding carboxylic acids is 1. The highest BCUT2D eigenvalue weighted by atomic mass is 35.5. The van der Waals surface area contributed by atoms with Gasteiger partial charge < -0.3 is 10.1 Å². The lowest BCUT2D eigenvalue weighted by Gasteiger charge is -2.24. The minimum Gasteiger partial charge on any atom is -0.495 e. The number of nitrogens with one attached hydrogen (secondary N) is 2. The van der Waals surface area contributed by atoms with Gasteiger partial charge in [-0.25, -0.2) is 16.8 Å². The molecule has 0 aliphatic carbocycles. The summed E-state index contributed by atoms with van der Waals surface area (Å²) in [4.78, 5) is 13.2. The molecule has 226 valence electrons. The second-order valence-corrected chi connectivity index (χ2v) is 13.8. The topological polar surface area (TPSA) is 122 Å². The summed E-state index contributed by atoms with van der Waals surface area (Å²) in [6, 6.07) is 29.0. The Bertz CT molecular complexity index is 2050. The van der Waals surface area contributed by atoms with E-state index in [9.17, 15) is 21.6 Å². The molecule has 0 saturated carbocycles. The molecule has 5 aromatic carbocycles. The summed E-state index contributed by atoms with van der Waals surface area (Å²) < 4.78 is 62.4. The van der Waals surface area contributed by atoms with Gasteiger partial charge in [0.1, 0.15) is 12.3 Å². The summed E-state index contributed by atoms with van der Waals surface area (Å²) in [5, 5.41) is 4.46. The summed E-state index contributed by atoms with van der Waals surface area (Å²) in [6.07, 6.45) is 0. The van der Waals surface area contributed by atoms with Gasteiger partial charge in [-0.05, 0) is 73.0 Å². The first-order valence-electron chi connectivity index (χ1n) is 13.3. The van der Waals surface area contributed by atoms with Crippen LogP contribution in [0.1, 0.15) is 5.56 Å². The van der Waals surface area contributed by atoms with Crippen molar-refractivity contribution in [3.63, 3.8) is 0 Å². The first kappa shape index (κ1) is 30.9. The van der Waals surface area contributed by atoms with Crippen molar-refractivity contribution >= 4 is 65.4 Å². The number of ether oxygens (including phenoxy) is 1. The van der Waals surface area contributed by atoms with Crippen molar-refractivity contribution in [3.05, 3.63) is 120 Å². The number of rotatable bonds is 10. The molecule has 12 heteroatoms. The highest BCUT2D eigenvalue weighted by Crippen LogP contribution is 2.32. The van der Waals surface area contributed by atoms with Crippen LogP contribution in [0, 0.1) is 6.92 Å². The Kier molecular flexibility index (Phi) is 8.82. The van der Waals surface area contributed by atoms with Gasteiger partial charge in [0.15, 0.2) is 0 Å². The standard InChI is InChI=1S/C32H28ClN3O6S2/c1-22-10-15-27(16-11-22)44(40,41)36(25-14-19-31(42-2)29(33)20-25)21-32(37)34-24-12-17-26(18-13-24)43(38,39)35-30-9-5-7-23-6-3-4-8-28(23)30/h3-20,35H,21H2,1-2H3,(H,34,37). The van der Waals surface area contributed by atoms with E-state index in [-0.39, 0.29) is 26.2 Å². The van der Waals surface area contributed by atoms with E-state index in [0.717, 1.165) is 20.6 Å². The Balaban J connectivity index is 1.36. The number of anilines is 3. The van der Waals surface area contributed by atoms with E-state index in [1.807, 2.05) is 37.3 Å². The molecule has 0 fully saturated rings. The Morgan fingerprint density at radius 2 is 1.48 bits per heavy atom.